The molecular formula is C18H19FN2O. The summed E-state index contributed by atoms with van der Waals surface area (Å²) in [6.07, 6.45) is 0.962. The lowest BCUT2D eigenvalue weighted by Crippen LogP contribution is -2.24. The maximum atomic E-state index is 13.5. The number of hydrogen-bond acceptors (Lipinski definition) is 3. The van der Waals surface area contributed by atoms with E-state index < -0.39 is 0 Å². The van der Waals surface area contributed by atoms with Crippen LogP contribution in [0.25, 0.3) is 0 Å². The van der Waals surface area contributed by atoms with Gasteiger partial charge in [0.25, 0.3) is 0 Å². The monoisotopic (exact) mass is 298 g/mol. The lowest BCUT2D eigenvalue weighted by molar-refractivity contribution is 0.415. The van der Waals surface area contributed by atoms with Crippen LogP contribution >= 0.6 is 0 Å². The van der Waals surface area contributed by atoms with Gasteiger partial charge >= 0.3 is 0 Å². The first-order valence-corrected chi connectivity index (χ1v) is 7.25. The highest BCUT2D eigenvalue weighted by Crippen LogP contribution is 2.23. The molecule has 3 nitrogen and oxygen atoms in total. The van der Waals surface area contributed by atoms with E-state index >= 15 is 0 Å². The Balaban J connectivity index is 2.28. The van der Waals surface area contributed by atoms with E-state index in [0.717, 1.165) is 24.4 Å². The molecule has 2 aromatic rings. The molecule has 22 heavy (non-hydrogen) atoms. The van der Waals surface area contributed by atoms with Gasteiger partial charge in [-0.25, -0.2) is 4.39 Å². The third-order valence-corrected chi connectivity index (χ3v) is 3.48. The van der Waals surface area contributed by atoms with E-state index in [0.29, 0.717) is 17.7 Å². The Kier molecular flexibility index (Phi) is 5.37. The molecule has 4 heteroatoms. The summed E-state index contributed by atoms with van der Waals surface area (Å²) in [5.74, 6) is 0.476. The number of nitriles is 1. The zero-order chi connectivity index (χ0) is 15.9. The normalized spacial score (nSPS) is 10.1. The molecule has 0 aliphatic rings. The van der Waals surface area contributed by atoms with Gasteiger partial charge in [0.05, 0.1) is 18.7 Å². The molecule has 0 saturated heterocycles. The van der Waals surface area contributed by atoms with Gasteiger partial charge < -0.3 is 9.64 Å². The van der Waals surface area contributed by atoms with Crippen LogP contribution in [-0.2, 0) is 6.54 Å². The van der Waals surface area contributed by atoms with Gasteiger partial charge in [0.15, 0.2) is 0 Å². The first-order chi connectivity index (χ1) is 10.7. The highest BCUT2D eigenvalue weighted by molar-refractivity contribution is 5.51. The average molecular weight is 298 g/mol. The molecular weight excluding hydrogens is 279 g/mol. The predicted molar refractivity (Wildman–Crippen MR) is 85.5 cm³/mol. The Hall–Kier alpha value is -2.54. The second-order valence-corrected chi connectivity index (χ2v) is 5.03. The average Bonchev–Trinajstić information content (AvgIpc) is 2.55. The fourth-order valence-electron chi connectivity index (χ4n) is 2.37. The van der Waals surface area contributed by atoms with Crippen molar-refractivity contribution in [3.8, 4) is 11.8 Å². The van der Waals surface area contributed by atoms with Gasteiger partial charge in [0, 0.05) is 18.8 Å². The number of benzene rings is 2. The molecule has 2 rings (SSSR count). The molecule has 0 amide bonds. The summed E-state index contributed by atoms with van der Waals surface area (Å²) in [5, 5.41) is 9.18. The minimum Gasteiger partial charge on any atom is -0.497 e. The van der Waals surface area contributed by atoms with E-state index in [2.05, 4.69) is 17.9 Å². The molecule has 0 N–H and O–H groups in total. The standard InChI is InChI=1S/C18H19FN2O/c1-3-10-21(17-6-8-18(22-2)9-7-17)13-15-11-16(19)5-4-14(15)12-20/h4-9,11H,3,10,13H2,1-2H3. The fraction of sp³-hybridized carbons (Fsp3) is 0.278. The zero-order valence-electron chi connectivity index (χ0n) is 12.8. The van der Waals surface area contributed by atoms with Gasteiger partial charge in [0.2, 0.25) is 0 Å². The van der Waals surface area contributed by atoms with Crippen molar-refractivity contribution in [2.75, 3.05) is 18.6 Å². The minimum absolute atomic E-state index is 0.319. The Bertz CT molecular complexity index is 662. The molecule has 0 aliphatic heterocycles. The highest BCUT2D eigenvalue weighted by atomic mass is 19.1. The number of halogens is 1. The molecule has 2 aromatic carbocycles. The van der Waals surface area contributed by atoms with Crippen molar-refractivity contribution in [2.24, 2.45) is 0 Å². The molecule has 0 spiro atoms. The third kappa shape index (κ3) is 3.76. The number of nitrogens with zero attached hydrogens (tertiary/aromatic N) is 2. The maximum absolute atomic E-state index is 13.5. The van der Waals surface area contributed by atoms with Gasteiger partial charge in [-0.1, -0.05) is 6.92 Å². The summed E-state index contributed by atoms with van der Waals surface area (Å²) in [6, 6.07) is 14.2. The van der Waals surface area contributed by atoms with Gasteiger partial charge in [-0.15, -0.1) is 0 Å². The van der Waals surface area contributed by atoms with Crippen molar-refractivity contribution in [1.82, 2.24) is 0 Å². The molecule has 0 unspecified atom stereocenters. The van der Waals surface area contributed by atoms with E-state index in [9.17, 15) is 9.65 Å². The SMILES string of the molecule is CCCN(Cc1cc(F)ccc1C#N)c1ccc(OC)cc1. The van der Waals surface area contributed by atoms with Crippen LogP contribution in [0.2, 0.25) is 0 Å². The number of hydrogen-bond donors (Lipinski definition) is 0. The van der Waals surface area contributed by atoms with E-state index in [-0.39, 0.29) is 5.82 Å². The highest BCUT2D eigenvalue weighted by Gasteiger charge is 2.11. The van der Waals surface area contributed by atoms with Crippen LogP contribution in [-0.4, -0.2) is 13.7 Å². The third-order valence-electron chi connectivity index (χ3n) is 3.48. The topological polar surface area (TPSA) is 36.3 Å². The van der Waals surface area contributed by atoms with Crippen LogP contribution < -0.4 is 9.64 Å². The van der Waals surface area contributed by atoms with Gasteiger partial charge in [-0.3, -0.25) is 0 Å². The fourth-order valence-corrected chi connectivity index (χ4v) is 2.37. The van der Waals surface area contributed by atoms with Crippen LogP contribution in [0, 0.1) is 17.1 Å². The Morgan fingerprint density at radius 1 is 1.18 bits per heavy atom. The summed E-state index contributed by atoms with van der Waals surface area (Å²) in [4.78, 5) is 2.13. The first-order valence-electron chi connectivity index (χ1n) is 7.25. The van der Waals surface area contributed by atoms with E-state index in [4.69, 9.17) is 4.74 Å². The van der Waals surface area contributed by atoms with Crippen molar-refractivity contribution in [1.29, 1.82) is 5.26 Å². The van der Waals surface area contributed by atoms with Crippen molar-refractivity contribution in [2.45, 2.75) is 19.9 Å². The molecule has 0 saturated carbocycles. The molecule has 0 aromatic heterocycles. The quantitative estimate of drug-likeness (QED) is 0.804. The van der Waals surface area contributed by atoms with Crippen LogP contribution in [0.3, 0.4) is 0 Å². The second-order valence-electron chi connectivity index (χ2n) is 5.03. The lowest BCUT2D eigenvalue weighted by Gasteiger charge is -2.25. The molecule has 114 valence electrons. The van der Waals surface area contributed by atoms with E-state index in [1.165, 1.54) is 18.2 Å². The summed E-state index contributed by atoms with van der Waals surface area (Å²) in [7, 11) is 1.63. The minimum atomic E-state index is -0.319. The number of ether oxygens (including phenoxy) is 1. The Morgan fingerprint density at radius 2 is 1.91 bits per heavy atom. The van der Waals surface area contributed by atoms with Crippen molar-refractivity contribution in [3.63, 3.8) is 0 Å². The molecule has 0 aliphatic carbocycles. The number of anilines is 1. The summed E-state index contributed by atoms with van der Waals surface area (Å²) >= 11 is 0. The lowest BCUT2D eigenvalue weighted by atomic mass is 10.1. The van der Waals surface area contributed by atoms with Gasteiger partial charge in [-0.2, -0.15) is 5.26 Å². The summed E-state index contributed by atoms with van der Waals surface area (Å²) < 4.78 is 18.6. The smallest absolute Gasteiger partial charge is 0.123 e. The molecule has 0 bridgehead atoms. The van der Waals surface area contributed by atoms with Crippen LogP contribution in [0.15, 0.2) is 42.5 Å². The van der Waals surface area contributed by atoms with Crippen molar-refractivity contribution in [3.05, 3.63) is 59.4 Å². The van der Waals surface area contributed by atoms with Gasteiger partial charge in [0.1, 0.15) is 11.6 Å². The Labute approximate surface area is 130 Å². The molecule has 0 radical (unpaired) electrons. The maximum Gasteiger partial charge on any atom is 0.123 e. The molecule has 0 heterocycles. The summed E-state index contributed by atoms with van der Waals surface area (Å²) in [6.45, 7) is 3.42. The second kappa shape index (κ2) is 7.46. The largest absolute Gasteiger partial charge is 0.497 e. The molecule has 0 fully saturated rings. The predicted octanol–water partition coefficient (Wildman–Crippen LogP) is 4.12. The van der Waals surface area contributed by atoms with Gasteiger partial charge in [-0.05, 0) is 54.4 Å². The number of rotatable bonds is 6. The van der Waals surface area contributed by atoms with Crippen LogP contribution in [0.4, 0.5) is 10.1 Å². The van der Waals surface area contributed by atoms with Crippen molar-refractivity contribution >= 4 is 5.69 Å². The zero-order valence-corrected chi connectivity index (χ0v) is 12.8. The van der Waals surface area contributed by atoms with Crippen LogP contribution in [0.5, 0.6) is 5.75 Å². The van der Waals surface area contributed by atoms with E-state index in [1.54, 1.807) is 7.11 Å². The first kappa shape index (κ1) is 15.8. The molecule has 0 atom stereocenters. The van der Waals surface area contributed by atoms with Crippen LogP contribution in [0.1, 0.15) is 24.5 Å². The summed E-state index contributed by atoms with van der Waals surface area (Å²) in [5.41, 5.74) is 2.23. The van der Waals surface area contributed by atoms with E-state index in [1.807, 2.05) is 24.3 Å². The Morgan fingerprint density at radius 3 is 2.50 bits per heavy atom. The number of methoxy groups -OCH3 is 1. The van der Waals surface area contributed by atoms with Crippen molar-refractivity contribution < 1.29 is 9.13 Å².